The molecule has 2 aromatic rings. The summed E-state index contributed by atoms with van der Waals surface area (Å²) in [6.07, 6.45) is 0. The molecule has 1 atom stereocenters. The van der Waals surface area contributed by atoms with Crippen LogP contribution in [0.2, 0.25) is 0 Å². The maximum atomic E-state index is 14.0. The van der Waals surface area contributed by atoms with E-state index in [9.17, 15) is 4.39 Å². The average molecular weight is 281 g/mol. The van der Waals surface area contributed by atoms with Crippen molar-refractivity contribution in [2.75, 3.05) is 14.2 Å². The molecule has 0 N–H and O–H groups in total. The molecule has 1 unspecified atom stereocenters. The van der Waals surface area contributed by atoms with E-state index in [4.69, 9.17) is 21.1 Å². The largest absolute Gasteiger partial charge is 0.497 e. The molecule has 2 nitrogen and oxygen atoms in total. The molecule has 2 rings (SSSR count). The van der Waals surface area contributed by atoms with E-state index in [1.165, 1.54) is 13.2 Å². The molecule has 0 aromatic heterocycles. The second-order valence-corrected chi connectivity index (χ2v) is 4.46. The Morgan fingerprint density at radius 3 is 2.32 bits per heavy atom. The Labute approximate surface area is 116 Å². The van der Waals surface area contributed by atoms with Gasteiger partial charge in [0.2, 0.25) is 0 Å². The van der Waals surface area contributed by atoms with E-state index in [1.807, 2.05) is 18.2 Å². The fourth-order valence-electron chi connectivity index (χ4n) is 1.82. The molecule has 4 heteroatoms. The van der Waals surface area contributed by atoms with Gasteiger partial charge in [0.15, 0.2) is 0 Å². The third kappa shape index (κ3) is 2.99. The summed E-state index contributed by atoms with van der Waals surface area (Å²) in [6.45, 7) is 0. The minimum Gasteiger partial charge on any atom is -0.497 e. The number of alkyl halides is 1. The summed E-state index contributed by atoms with van der Waals surface area (Å²) >= 11 is 6.32. The SMILES string of the molecule is COc1cccc(C(Cl)c2ccc(OC)cc2F)c1. The lowest BCUT2D eigenvalue weighted by Crippen LogP contribution is -1.98. The number of halogens is 2. The summed E-state index contributed by atoms with van der Waals surface area (Å²) in [6, 6.07) is 11.9. The molecule has 0 saturated heterocycles. The molecular formula is C15H14ClFO2. The van der Waals surface area contributed by atoms with Crippen LogP contribution in [0.25, 0.3) is 0 Å². The van der Waals surface area contributed by atoms with Crippen molar-refractivity contribution in [3.05, 3.63) is 59.4 Å². The summed E-state index contributed by atoms with van der Waals surface area (Å²) in [5.74, 6) is 0.773. The first-order valence-corrected chi connectivity index (χ1v) is 6.21. The van der Waals surface area contributed by atoms with Crippen molar-refractivity contribution in [2.24, 2.45) is 0 Å². The quantitative estimate of drug-likeness (QED) is 0.783. The lowest BCUT2D eigenvalue weighted by molar-refractivity contribution is 0.410. The number of methoxy groups -OCH3 is 2. The lowest BCUT2D eigenvalue weighted by atomic mass is 10.0. The monoisotopic (exact) mass is 280 g/mol. The van der Waals surface area contributed by atoms with Gasteiger partial charge in [0.1, 0.15) is 17.3 Å². The Morgan fingerprint density at radius 2 is 1.68 bits per heavy atom. The summed E-state index contributed by atoms with van der Waals surface area (Å²) in [7, 11) is 3.07. The highest BCUT2D eigenvalue weighted by Gasteiger charge is 2.16. The van der Waals surface area contributed by atoms with E-state index in [1.54, 1.807) is 25.3 Å². The van der Waals surface area contributed by atoms with Gasteiger partial charge < -0.3 is 9.47 Å². The van der Waals surface area contributed by atoms with Crippen molar-refractivity contribution in [2.45, 2.75) is 5.38 Å². The van der Waals surface area contributed by atoms with Gasteiger partial charge in [-0.3, -0.25) is 0 Å². The lowest BCUT2D eigenvalue weighted by Gasteiger charge is -2.13. The minimum atomic E-state index is -0.569. The summed E-state index contributed by atoms with van der Waals surface area (Å²) in [5.41, 5.74) is 1.20. The number of hydrogen-bond donors (Lipinski definition) is 0. The van der Waals surface area contributed by atoms with Crippen LogP contribution < -0.4 is 9.47 Å². The van der Waals surface area contributed by atoms with Gasteiger partial charge in [-0.1, -0.05) is 18.2 Å². The van der Waals surface area contributed by atoms with Crippen LogP contribution in [-0.4, -0.2) is 14.2 Å². The molecular weight excluding hydrogens is 267 g/mol. The van der Waals surface area contributed by atoms with Crippen LogP contribution >= 0.6 is 11.6 Å². The Bertz CT molecular complexity index is 572. The zero-order valence-corrected chi connectivity index (χ0v) is 11.4. The fourth-order valence-corrected chi connectivity index (χ4v) is 2.13. The molecule has 0 aliphatic carbocycles. The first-order valence-electron chi connectivity index (χ1n) is 5.77. The van der Waals surface area contributed by atoms with E-state index >= 15 is 0 Å². The zero-order valence-electron chi connectivity index (χ0n) is 10.7. The highest BCUT2D eigenvalue weighted by molar-refractivity contribution is 6.22. The van der Waals surface area contributed by atoms with Crippen molar-refractivity contribution < 1.29 is 13.9 Å². The van der Waals surface area contributed by atoms with Crippen LogP contribution in [0.5, 0.6) is 11.5 Å². The maximum Gasteiger partial charge on any atom is 0.131 e. The molecule has 0 aliphatic rings. The van der Waals surface area contributed by atoms with Crippen LogP contribution in [0.3, 0.4) is 0 Å². The fraction of sp³-hybridized carbons (Fsp3) is 0.200. The third-order valence-electron chi connectivity index (χ3n) is 2.87. The number of rotatable bonds is 4. The van der Waals surface area contributed by atoms with Crippen LogP contribution in [0, 0.1) is 5.82 Å². The van der Waals surface area contributed by atoms with Crippen molar-refractivity contribution in [1.29, 1.82) is 0 Å². The second kappa shape index (κ2) is 5.93. The van der Waals surface area contributed by atoms with Gasteiger partial charge in [-0.2, -0.15) is 0 Å². The van der Waals surface area contributed by atoms with Crippen molar-refractivity contribution >= 4 is 11.6 Å². The van der Waals surface area contributed by atoms with Crippen LogP contribution in [0.15, 0.2) is 42.5 Å². The van der Waals surface area contributed by atoms with E-state index < -0.39 is 5.38 Å². The van der Waals surface area contributed by atoms with Crippen molar-refractivity contribution in [3.63, 3.8) is 0 Å². The zero-order chi connectivity index (χ0) is 13.8. The highest BCUT2D eigenvalue weighted by Crippen LogP contribution is 2.33. The van der Waals surface area contributed by atoms with Crippen molar-refractivity contribution in [1.82, 2.24) is 0 Å². The molecule has 0 fully saturated rings. The minimum absolute atomic E-state index is 0.387. The van der Waals surface area contributed by atoms with Crippen LogP contribution in [0.4, 0.5) is 4.39 Å². The Balaban J connectivity index is 2.35. The molecule has 2 aromatic carbocycles. The van der Waals surface area contributed by atoms with Gasteiger partial charge in [-0.05, 0) is 23.8 Å². The second-order valence-electron chi connectivity index (χ2n) is 4.03. The molecule has 0 bridgehead atoms. The van der Waals surface area contributed by atoms with Gasteiger partial charge in [0.25, 0.3) is 0 Å². The summed E-state index contributed by atoms with van der Waals surface area (Å²) in [4.78, 5) is 0. The molecule has 0 spiro atoms. The number of hydrogen-bond acceptors (Lipinski definition) is 2. The van der Waals surface area contributed by atoms with Gasteiger partial charge in [0, 0.05) is 11.6 Å². The Morgan fingerprint density at radius 1 is 1.00 bits per heavy atom. The predicted octanol–water partition coefficient (Wildman–Crippen LogP) is 4.17. The Kier molecular flexibility index (Phi) is 4.27. The van der Waals surface area contributed by atoms with Crippen molar-refractivity contribution in [3.8, 4) is 11.5 Å². The molecule has 0 amide bonds. The van der Waals surface area contributed by atoms with Gasteiger partial charge in [-0.15, -0.1) is 11.6 Å². The number of ether oxygens (including phenoxy) is 2. The summed E-state index contributed by atoms with van der Waals surface area (Å²) in [5, 5.41) is -0.569. The summed E-state index contributed by atoms with van der Waals surface area (Å²) < 4.78 is 24.1. The predicted molar refractivity (Wildman–Crippen MR) is 73.6 cm³/mol. The van der Waals surface area contributed by atoms with E-state index in [0.29, 0.717) is 17.1 Å². The van der Waals surface area contributed by atoms with E-state index in [-0.39, 0.29) is 5.82 Å². The first kappa shape index (κ1) is 13.7. The molecule has 100 valence electrons. The highest BCUT2D eigenvalue weighted by atomic mass is 35.5. The topological polar surface area (TPSA) is 18.5 Å². The van der Waals surface area contributed by atoms with E-state index in [0.717, 1.165) is 5.56 Å². The molecule has 0 aliphatic heterocycles. The Hall–Kier alpha value is -1.74. The molecule has 0 saturated carbocycles. The number of benzene rings is 2. The first-order chi connectivity index (χ1) is 9.15. The average Bonchev–Trinajstić information content (AvgIpc) is 2.46. The van der Waals surface area contributed by atoms with E-state index in [2.05, 4.69) is 0 Å². The normalized spacial score (nSPS) is 12.0. The molecule has 19 heavy (non-hydrogen) atoms. The molecule has 0 heterocycles. The maximum absolute atomic E-state index is 14.0. The van der Waals surface area contributed by atoms with Gasteiger partial charge in [-0.25, -0.2) is 4.39 Å². The van der Waals surface area contributed by atoms with Crippen LogP contribution in [0.1, 0.15) is 16.5 Å². The standard InChI is InChI=1S/C15H14ClFO2/c1-18-11-5-3-4-10(8-11)15(16)13-7-6-12(19-2)9-14(13)17/h3-9,15H,1-2H3. The van der Waals surface area contributed by atoms with Gasteiger partial charge in [0.05, 0.1) is 19.6 Å². The van der Waals surface area contributed by atoms with Gasteiger partial charge >= 0.3 is 0 Å². The molecule has 0 radical (unpaired) electrons. The third-order valence-corrected chi connectivity index (χ3v) is 3.35. The smallest absolute Gasteiger partial charge is 0.131 e. The van der Waals surface area contributed by atoms with Crippen LogP contribution in [-0.2, 0) is 0 Å².